The summed E-state index contributed by atoms with van der Waals surface area (Å²) >= 11 is 0. The SMILES string of the molecule is Cc1ccc(NS(=O)(=O)c2cccc(C(=O)N/N=C\c3c(-c4ccccc4)n(-c4ccccc4)c4ccccc34)c2)c(C)c1. The van der Waals surface area contributed by atoms with Crippen molar-refractivity contribution in [3.8, 4) is 16.9 Å². The average Bonchev–Trinajstić information content (AvgIpc) is 3.37. The topological polar surface area (TPSA) is 92.6 Å². The molecule has 0 saturated carbocycles. The van der Waals surface area contributed by atoms with Crippen LogP contribution < -0.4 is 10.1 Å². The third-order valence-corrected chi connectivity index (χ3v) is 8.73. The highest BCUT2D eigenvalue weighted by atomic mass is 32.2. The highest BCUT2D eigenvalue weighted by Crippen LogP contribution is 2.35. The van der Waals surface area contributed by atoms with Gasteiger partial charge in [0.1, 0.15) is 0 Å². The third kappa shape index (κ3) is 5.75. The molecule has 1 amide bonds. The summed E-state index contributed by atoms with van der Waals surface area (Å²) in [5, 5.41) is 5.31. The number of carbonyl (C=O) groups excluding carboxylic acids is 1. The number of fused-ring (bicyclic) bond motifs is 1. The summed E-state index contributed by atoms with van der Waals surface area (Å²) in [4.78, 5) is 13.1. The lowest BCUT2D eigenvalue weighted by molar-refractivity contribution is 0.0955. The largest absolute Gasteiger partial charge is 0.309 e. The number of benzene rings is 5. The monoisotopic (exact) mass is 598 g/mol. The van der Waals surface area contributed by atoms with Crippen molar-refractivity contribution in [1.29, 1.82) is 0 Å². The molecule has 0 aliphatic heterocycles. The number of anilines is 1. The van der Waals surface area contributed by atoms with E-state index in [-0.39, 0.29) is 10.5 Å². The van der Waals surface area contributed by atoms with Crippen molar-refractivity contribution in [3.05, 3.63) is 150 Å². The van der Waals surface area contributed by atoms with E-state index in [9.17, 15) is 13.2 Å². The maximum atomic E-state index is 13.2. The molecule has 2 N–H and O–H groups in total. The predicted octanol–water partition coefficient (Wildman–Crippen LogP) is 7.48. The number of aromatic nitrogens is 1. The zero-order valence-electron chi connectivity index (χ0n) is 24.2. The summed E-state index contributed by atoms with van der Waals surface area (Å²) in [6, 6.07) is 39.5. The van der Waals surface area contributed by atoms with E-state index in [0.717, 1.165) is 44.5 Å². The van der Waals surface area contributed by atoms with E-state index < -0.39 is 15.9 Å². The quantitative estimate of drug-likeness (QED) is 0.141. The van der Waals surface area contributed by atoms with Crippen LogP contribution in [0.25, 0.3) is 27.8 Å². The first-order chi connectivity index (χ1) is 21.3. The summed E-state index contributed by atoms with van der Waals surface area (Å²) in [6.45, 7) is 3.78. The molecule has 6 rings (SSSR count). The molecule has 0 unspecified atom stereocenters. The molecule has 1 heterocycles. The van der Waals surface area contributed by atoms with Gasteiger partial charge in [0.15, 0.2) is 0 Å². The number of amides is 1. The van der Waals surface area contributed by atoms with Gasteiger partial charge in [-0.2, -0.15) is 5.10 Å². The smallest absolute Gasteiger partial charge is 0.271 e. The van der Waals surface area contributed by atoms with Crippen LogP contribution in [0.5, 0.6) is 0 Å². The molecule has 0 aliphatic carbocycles. The lowest BCUT2D eigenvalue weighted by Crippen LogP contribution is -2.19. The first kappa shape index (κ1) is 28.6. The fourth-order valence-corrected chi connectivity index (χ4v) is 6.45. The number of sulfonamides is 1. The number of nitrogens with zero attached hydrogens (tertiary/aromatic N) is 2. The van der Waals surface area contributed by atoms with E-state index in [1.165, 1.54) is 18.2 Å². The van der Waals surface area contributed by atoms with Crippen LogP contribution in [0.2, 0.25) is 0 Å². The van der Waals surface area contributed by atoms with E-state index >= 15 is 0 Å². The van der Waals surface area contributed by atoms with Crippen molar-refractivity contribution in [2.45, 2.75) is 18.7 Å². The number of hydrazone groups is 1. The Balaban J connectivity index is 1.32. The molecule has 0 fully saturated rings. The van der Waals surface area contributed by atoms with Gasteiger partial charge in [-0.05, 0) is 67.4 Å². The Hall–Kier alpha value is -5.47. The number of hydrogen-bond acceptors (Lipinski definition) is 4. The first-order valence-corrected chi connectivity index (χ1v) is 15.6. The molecule has 0 aliphatic rings. The van der Waals surface area contributed by atoms with Gasteiger partial charge in [0.2, 0.25) is 0 Å². The fourth-order valence-electron chi connectivity index (χ4n) is 5.28. The molecule has 0 radical (unpaired) electrons. The van der Waals surface area contributed by atoms with Crippen molar-refractivity contribution in [3.63, 3.8) is 0 Å². The molecule has 1 aromatic heterocycles. The number of para-hydroxylation sites is 2. The van der Waals surface area contributed by atoms with Gasteiger partial charge in [-0.1, -0.05) is 90.5 Å². The Morgan fingerprint density at radius 2 is 1.48 bits per heavy atom. The van der Waals surface area contributed by atoms with Gasteiger partial charge in [0.05, 0.1) is 28.0 Å². The van der Waals surface area contributed by atoms with Gasteiger partial charge in [-0.25, -0.2) is 13.8 Å². The normalized spacial score (nSPS) is 11.6. The summed E-state index contributed by atoms with van der Waals surface area (Å²) in [6.07, 6.45) is 1.64. The van der Waals surface area contributed by atoms with Gasteiger partial charge < -0.3 is 4.57 Å². The number of carbonyl (C=O) groups is 1. The van der Waals surface area contributed by atoms with Gasteiger partial charge in [0.25, 0.3) is 15.9 Å². The van der Waals surface area contributed by atoms with Crippen LogP contribution in [-0.4, -0.2) is 25.1 Å². The van der Waals surface area contributed by atoms with E-state index in [1.54, 1.807) is 18.3 Å². The van der Waals surface area contributed by atoms with Gasteiger partial charge in [0, 0.05) is 22.2 Å². The van der Waals surface area contributed by atoms with Crippen molar-refractivity contribution in [2.24, 2.45) is 5.10 Å². The Kier molecular flexibility index (Phi) is 7.83. The third-order valence-electron chi connectivity index (χ3n) is 7.37. The number of nitrogens with one attached hydrogen (secondary N) is 2. The van der Waals surface area contributed by atoms with Crippen molar-refractivity contribution in [1.82, 2.24) is 9.99 Å². The molecule has 8 heteroatoms. The maximum absolute atomic E-state index is 13.2. The molecule has 0 saturated heterocycles. The summed E-state index contributed by atoms with van der Waals surface area (Å²) < 4.78 is 31.1. The molecular weight excluding hydrogens is 568 g/mol. The van der Waals surface area contributed by atoms with Crippen molar-refractivity contribution in [2.75, 3.05) is 4.72 Å². The van der Waals surface area contributed by atoms with E-state index in [0.29, 0.717) is 5.69 Å². The second-order valence-corrected chi connectivity index (χ2v) is 12.1. The van der Waals surface area contributed by atoms with Gasteiger partial charge in [-0.3, -0.25) is 9.52 Å². The Morgan fingerprint density at radius 3 is 2.23 bits per heavy atom. The summed E-state index contributed by atoms with van der Waals surface area (Å²) in [7, 11) is -3.92. The second kappa shape index (κ2) is 12.0. The zero-order valence-corrected chi connectivity index (χ0v) is 25.0. The maximum Gasteiger partial charge on any atom is 0.271 e. The lowest BCUT2D eigenvalue weighted by atomic mass is 10.1. The van der Waals surface area contributed by atoms with Crippen LogP contribution in [0, 0.1) is 13.8 Å². The average molecular weight is 599 g/mol. The van der Waals surface area contributed by atoms with Crippen molar-refractivity contribution >= 4 is 38.7 Å². The Bertz CT molecular complexity index is 2120. The summed E-state index contributed by atoms with van der Waals surface area (Å²) in [5.41, 5.74) is 9.84. The van der Waals surface area contributed by atoms with E-state index in [1.807, 2.05) is 92.7 Å². The molecule has 6 aromatic rings. The zero-order chi connectivity index (χ0) is 30.7. The molecular formula is C36H30N4O3S. The second-order valence-electron chi connectivity index (χ2n) is 10.5. The predicted molar refractivity (Wildman–Crippen MR) is 177 cm³/mol. The molecule has 0 bridgehead atoms. The molecule has 7 nitrogen and oxygen atoms in total. The van der Waals surface area contributed by atoms with Crippen LogP contribution in [0.1, 0.15) is 27.0 Å². The number of rotatable bonds is 8. The van der Waals surface area contributed by atoms with Crippen LogP contribution in [-0.2, 0) is 10.0 Å². The minimum atomic E-state index is -3.92. The van der Waals surface area contributed by atoms with E-state index in [2.05, 4.69) is 38.0 Å². The lowest BCUT2D eigenvalue weighted by Gasteiger charge is -2.12. The number of hydrogen-bond donors (Lipinski definition) is 2. The standard InChI is InChI=1S/C36H30N4O3S/c1-25-20-21-33(26(2)22-25)39-44(42,43)30-17-11-14-28(23-30)36(41)38-37-24-32-31-18-9-10-19-34(31)40(29-15-7-4-8-16-29)35(32)27-12-5-3-6-13-27/h3-24,39H,1-2H3,(H,38,41)/b37-24-. The molecule has 0 atom stereocenters. The number of aryl methyl sites for hydroxylation is 2. The highest BCUT2D eigenvalue weighted by molar-refractivity contribution is 7.92. The molecule has 44 heavy (non-hydrogen) atoms. The summed E-state index contributed by atoms with van der Waals surface area (Å²) in [5.74, 6) is -0.530. The minimum absolute atomic E-state index is 0.0219. The van der Waals surface area contributed by atoms with Gasteiger partial charge in [-0.15, -0.1) is 0 Å². The van der Waals surface area contributed by atoms with Crippen molar-refractivity contribution < 1.29 is 13.2 Å². The Labute approximate surface area is 256 Å². The Morgan fingerprint density at radius 1 is 0.773 bits per heavy atom. The minimum Gasteiger partial charge on any atom is -0.309 e. The van der Waals surface area contributed by atoms with E-state index in [4.69, 9.17) is 0 Å². The first-order valence-electron chi connectivity index (χ1n) is 14.1. The highest BCUT2D eigenvalue weighted by Gasteiger charge is 2.20. The molecule has 0 spiro atoms. The molecule has 5 aromatic carbocycles. The van der Waals surface area contributed by atoms with Gasteiger partial charge >= 0.3 is 0 Å². The van der Waals surface area contributed by atoms with Crippen LogP contribution in [0.15, 0.2) is 137 Å². The van der Waals surface area contributed by atoms with Crippen LogP contribution >= 0.6 is 0 Å². The molecule has 218 valence electrons. The van der Waals surface area contributed by atoms with Crippen LogP contribution in [0.4, 0.5) is 5.69 Å². The fraction of sp³-hybridized carbons (Fsp3) is 0.0556. The van der Waals surface area contributed by atoms with Crippen LogP contribution in [0.3, 0.4) is 0 Å².